The van der Waals surface area contributed by atoms with Crippen LogP contribution in [0.25, 0.3) is 0 Å². The first-order valence-electron chi connectivity index (χ1n) is 5.80. The predicted molar refractivity (Wildman–Crippen MR) is 83.4 cm³/mol. The largest absolute Gasteiger partial charge is 0.309 e. The van der Waals surface area contributed by atoms with Crippen LogP contribution in [0.5, 0.6) is 0 Å². The molecule has 0 spiro atoms. The summed E-state index contributed by atoms with van der Waals surface area (Å²) < 4.78 is 1.66. The highest BCUT2D eigenvalue weighted by Crippen LogP contribution is 2.25. The standard InChI is InChI=1S/C14H12Br2N2O/c1-2-18(11-5-7-17-8-6-11)14(19)12-9-10(15)3-4-13(12)16/h3-9H,2H2,1H3. The molecule has 0 unspecified atom stereocenters. The molecule has 0 saturated heterocycles. The quantitative estimate of drug-likeness (QED) is 0.792. The maximum absolute atomic E-state index is 12.6. The van der Waals surface area contributed by atoms with Crippen LogP contribution < -0.4 is 4.90 Å². The molecular weight excluding hydrogens is 372 g/mol. The van der Waals surface area contributed by atoms with Gasteiger partial charge in [-0.25, -0.2) is 0 Å². The van der Waals surface area contributed by atoms with Crippen molar-refractivity contribution in [3.63, 3.8) is 0 Å². The minimum absolute atomic E-state index is 0.0399. The number of hydrogen-bond acceptors (Lipinski definition) is 2. The van der Waals surface area contributed by atoms with Crippen LogP contribution in [0, 0.1) is 0 Å². The van der Waals surface area contributed by atoms with Gasteiger partial charge in [-0.3, -0.25) is 9.78 Å². The van der Waals surface area contributed by atoms with Crippen molar-refractivity contribution < 1.29 is 4.79 Å². The highest BCUT2D eigenvalue weighted by atomic mass is 79.9. The van der Waals surface area contributed by atoms with E-state index in [1.54, 1.807) is 17.3 Å². The molecule has 19 heavy (non-hydrogen) atoms. The van der Waals surface area contributed by atoms with Crippen LogP contribution in [0.1, 0.15) is 17.3 Å². The van der Waals surface area contributed by atoms with E-state index in [9.17, 15) is 4.79 Å². The number of anilines is 1. The van der Waals surface area contributed by atoms with Gasteiger partial charge in [-0.15, -0.1) is 0 Å². The first kappa shape index (κ1) is 14.2. The second-order valence-electron chi connectivity index (χ2n) is 3.88. The molecule has 5 heteroatoms. The average molecular weight is 384 g/mol. The second kappa shape index (κ2) is 6.30. The second-order valence-corrected chi connectivity index (χ2v) is 5.65. The molecule has 1 heterocycles. The summed E-state index contributed by atoms with van der Waals surface area (Å²) >= 11 is 6.81. The van der Waals surface area contributed by atoms with Gasteiger partial charge in [-0.2, -0.15) is 0 Å². The molecular formula is C14H12Br2N2O. The van der Waals surface area contributed by atoms with E-state index >= 15 is 0 Å². The smallest absolute Gasteiger partial charge is 0.259 e. The third kappa shape index (κ3) is 3.22. The van der Waals surface area contributed by atoms with Crippen molar-refractivity contribution in [3.05, 3.63) is 57.2 Å². The summed E-state index contributed by atoms with van der Waals surface area (Å²) in [5.41, 5.74) is 1.47. The van der Waals surface area contributed by atoms with E-state index in [4.69, 9.17) is 0 Å². The number of benzene rings is 1. The molecule has 1 aromatic heterocycles. The zero-order valence-electron chi connectivity index (χ0n) is 10.3. The van der Waals surface area contributed by atoms with E-state index < -0.39 is 0 Å². The molecule has 1 amide bonds. The van der Waals surface area contributed by atoms with Crippen molar-refractivity contribution >= 4 is 43.5 Å². The lowest BCUT2D eigenvalue weighted by atomic mass is 10.2. The summed E-state index contributed by atoms with van der Waals surface area (Å²) in [5, 5.41) is 0. The van der Waals surface area contributed by atoms with Gasteiger partial charge < -0.3 is 4.90 Å². The van der Waals surface area contributed by atoms with E-state index in [1.165, 1.54) is 0 Å². The molecule has 3 nitrogen and oxygen atoms in total. The number of nitrogens with zero attached hydrogens (tertiary/aromatic N) is 2. The maximum Gasteiger partial charge on any atom is 0.259 e. The topological polar surface area (TPSA) is 33.2 Å². The van der Waals surface area contributed by atoms with Gasteiger partial charge in [0, 0.05) is 33.6 Å². The van der Waals surface area contributed by atoms with Crippen LogP contribution >= 0.6 is 31.9 Å². The van der Waals surface area contributed by atoms with Crippen LogP contribution in [-0.4, -0.2) is 17.4 Å². The summed E-state index contributed by atoms with van der Waals surface area (Å²) in [6, 6.07) is 9.22. The molecule has 0 N–H and O–H groups in total. The number of amides is 1. The molecule has 0 radical (unpaired) electrons. The van der Waals surface area contributed by atoms with Gasteiger partial charge in [0.15, 0.2) is 0 Å². The Kier molecular flexibility index (Phi) is 4.71. The van der Waals surface area contributed by atoms with Crippen LogP contribution in [0.3, 0.4) is 0 Å². The number of carbonyl (C=O) groups excluding carboxylic acids is 1. The number of carbonyl (C=O) groups is 1. The fourth-order valence-corrected chi connectivity index (χ4v) is 2.55. The zero-order valence-corrected chi connectivity index (χ0v) is 13.5. The Balaban J connectivity index is 2.39. The van der Waals surface area contributed by atoms with Crippen molar-refractivity contribution in [1.82, 2.24) is 4.98 Å². The lowest BCUT2D eigenvalue weighted by Gasteiger charge is -2.21. The lowest BCUT2D eigenvalue weighted by molar-refractivity contribution is 0.0987. The SMILES string of the molecule is CCN(C(=O)c1cc(Br)ccc1Br)c1ccncc1. The summed E-state index contributed by atoms with van der Waals surface area (Å²) in [5.74, 6) is -0.0399. The first-order valence-corrected chi connectivity index (χ1v) is 7.39. The highest BCUT2D eigenvalue weighted by molar-refractivity contribution is 9.11. The fourth-order valence-electron chi connectivity index (χ4n) is 1.77. The summed E-state index contributed by atoms with van der Waals surface area (Å²) in [4.78, 5) is 18.3. The zero-order chi connectivity index (χ0) is 13.8. The van der Waals surface area contributed by atoms with E-state index in [2.05, 4.69) is 36.8 Å². The van der Waals surface area contributed by atoms with Crippen molar-refractivity contribution in [1.29, 1.82) is 0 Å². The van der Waals surface area contributed by atoms with E-state index in [0.717, 1.165) is 14.6 Å². The summed E-state index contributed by atoms with van der Waals surface area (Å²) in [6.45, 7) is 2.55. The predicted octanol–water partition coefficient (Wildman–Crippen LogP) is 4.27. The minimum Gasteiger partial charge on any atom is -0.309 e. The Morgan fingerprint density at radius 1 is 1.21 bits per heavy atom. The Bertz CT molecular complexity index is 587. The molecule has 1 aromatic carbocycles. The first-order chi connectivity index (χ1) is 9.13. The Hall–Kier alpha value is -1.20. The van der Waals surface area contributed by atoms with Crippen molar-refractivity contribution in [2.24, 2.45) is 0 Å². The van der Waals surface area contributed by atoms with Gasteiger partial charge in [0.25, 0.3) is 5.91 Å². The molecule has 0 aliphatic heterocycles. The van der Waals surface area contributed by atoms with Crippen molar-refractivity contribution in [2.75, 3.05) is 11.4 Å². The Labute approximate surface area is 128 Å². The van der Waals surface area contributed by atoms with Crippen LogP contribution in [0.15, 0.2) is 51.7 Å². The summed E-state index contributed by atoms with van der Waals surface area (Å²) in [6.07, 6.45) is 3.36. The van der Waals surface area contributed by atoms with Crippen LogP contribution in [-0.2, 0) is 0 Å². The Morgan fingerprint density at radius 3 is 2.53 bits per heavy atom. The van der Waals surface area contributed by atoms with Crippen molar-refractivity contribution in [2.45, 2.75) is 6.92 Å². The molecule has 98 valence electrons. The molecule has 0 aliphatic carbocycles. The third-order valence-corrected chi connectivity index (χ3v) is 3.88. The molecule has 2 rings (SSSR count). The maximum atomic E-state index is 12.6. The highest BCUT2D eigenvalue weighted by Gasteiger charge is 2.18. The van der Waals surface area contributed by atoms with E-state index in [1.807, 2.05) is 37.3 Å². The molecule has 0 bridgehead atoms. The normalized spacial score (nSPS) is 10.3. The number of hydrogen-bond donors (Lipinski definition) is 0. The molecule has 0 saturated carbocycles. The average Bonchev–Trinajstić information content (AvgIpc) is 2.43. The van der Waals surface area contributed by atoms with Gasteiger partial charge in [0.05, 0.1) is 5.56 Å². The molecule has 2 aromatic rings. The van der Waals surface area contributed by atoms with Gasteiger partial charge >= 0.3 is 0 Å². The number of halogens is 2. The van der Waals surface area contributed by atoms with Crippen molar-refractivity contribution in [3.8, 4) is 0 Å². The van der Waals surface area contributed by atoms with Crippen LogP contribution in [0.2, 0.25) is 0 Å². The molecule has 0 atom stereocenters. The van der Waals surface area contributed by atoms with Gasteiger partial charge in [0.2, 0.25) is 0 Å². The molecule has 0 fully saturated rings. The van der Waals surface area contributed by atoms with E-state index in [-0.39, 0.29) is 5.91 Å². The summed E-state index contributed by atoms with van der Waals surface area (Å²) in [7, 11) is 0. The van der Waals surface area contributed by atoms with Gasteiger partial charge in [-0.1, -0.05) is 15.9 Å². The monoisotopic (exact) mass is 382 g/mol. The number of rotatable bonds is 3. The fraction of sp³-hybridized carbons (Fsp3) is 0.143. The van der Waals surface area contributed by atoms with Crippen LogP contribution in [0.4, 0.5) is 5.69 Å². The van der Waals surface area contributed by atoms with Gasteiger partial charge in [0.1, 0.15) is 0 Å². The number of pyridine rings is 1. The lowest BCUT2D eigenvalue weighted by Crippen LogP contribution is -2.30. The Morgan fingerprint density at radius 2 is 1.89 bits per heavy atom. The van der Waals surface area contributed by atoms with Gasteiger partial charge in [-0.05, 0) is 53.2 Å². The third-order valence-electron chi connectivity index (χ3n) is 2.69. The minimum atomic E-state index is -0.0399. The number of aromatic nitrogens is 1. The molecule has 0 aliphatic rings. The van der Waals surface area contributed by atoms with E-state index in [0.29, 0.717) is 12.1 Å².